The maximum atomic E-state index is 12.8. The second-order valence-electron chi connectivity index (χ2n) is 10.8. The van der Waals surface area contributed by atoms with Gasteiger partial charge in [-0.05, 0) is 69.1 Å². The fourth-order valence-electron chi connectivity index (χ4n) is 4.63. The number of carbonyl (C=O) groups excluding carboxylic acids is 2. The van der Waals surface area contributed by atoms with Gasteiger partial charge in [-0.3, -0.25) is 4.79 Å². The molecule has 7 heteroatoms. The SMILES string of the molecule is CCOC(=O)CC1CCCC1=CCc1c(OC)c(C)c2c(c1O[Si](C)(C)C(C)(C)C)C(=O)OC2. The minimum absolute atomic E-state index is 0.0353. The quantitative estimate of drug-likeness (QED) is 0.244. The van der Waals surface area contributed by atoms with Crippen molar-refractivity contribution in [3.05, 3.63) is 33.9 Å². The van der Waals surface area contributed by atoms with Crippen molar-refractivity contribution in [1.29, 1.82) is 0 Å². The molecule has 2 aliphatic rings. The first-order valence-electron chi connectivity index (χ1n) is 12.3. The maximum Gasteiger partial charge on any atom is 0.342 e. The highest BCUT2D eigenvalue weighted by Gasteiger charge is 2.42. The van der Waals surface area contributed by atoms with E-state index in [-0.39, 0.29) is 29.5 Å². The number of allylic oxidation sites excluding steroid dienone is 2. The van der Waals surface area contributed by atoms with Crippen molar-refractivity contribution < 1.29 is 28.2 Å². The van der Waals surface area contributed by atoms with E-state index in [1.807, 2.05) is 13.8 Å². The molecule has 0 N–H and O–H groups in total. The molecule has 1 fully saturated rings. The Hall–Kier alpha value is -2.28. The molecule has 6 nitrogen and oxygen atoms in total. The number of benzene rings is 1. The van der Waals surface area contributed by atoms with Gasteiger partial charge in [-0.25, -0.2) is 4.79 Å². The average Bonchev–Trinajstić information content (AvgIpc) is 3.34. The number of rotatable bonds is 8. The summed E-state index contributed by atoms with van der Waals surface area (Å²) in [4.78, 5) is 24.9. The Morgan fingerprint density at radius 1 is 1.24 bits per heavy atom. The lowest BCUT2D eigenvalue weighted by Crippen LogP contribution is -2.44. The van der Waals surface area contributed by atoms with E-state index in [1.54, 1.807) is 7.11 Å². The van der Waals surface area contributed by atoms with E-state index in [0.29, 0.717) is 30.8 Å². The molecule has 1 saturated carbocycles. The molecule has 1 atom stereocenters. The van der Waals surface area contributed by atoms with Gasteiger partial charge >= 0.3 is 11.9 Å². The number of hydrogen-bond acceptors (Lipinski definition) is 6. The van der Waals surface area contributed by atoms with Gasteiger partial charge in [0, 0.05) is 11.1 Å². The topological polar surface area (TPSA) is 71.1 Å². The third-order valence-corrected chi connectivity index (χ3v) is 11.9. The van der Waals surface area contributed by atoms with E-state index in [4.69, 9.17) is 18.6 Å². The van der Waals surface area contributed by atoms with Crippen molar-refractivity contribution in [2.45, 2.75) is 91.5 Å². The van der Waals surface area contributed by atoms with Gasteiger partial charge in [-0.1, -0.05) is 32.4 Å². The van der Waals surface area contributed by atoms with Gasteiger partial charge in [0.05, 0.1) is 20.1 Å². The van der Waals surface area contributed by atoms with Crippen LogP contribution in [0.5, 0.6) is 11.5 Å². The molecule has 0 amide bonds. The summed E-state index contributed by atoms with van der Waals surface area (Å²) >= 11 is 0. The lowest BCUT2D eigenvalue weighted by atomic mass is 9.93. The Morgan fingerprint density at radius 2 is 1.94 bits per heavy atom. The Balaban J connectivity index is 2.06. The first-order chi connectivity index (χ1) is 15.9. The third kappa shape index (κ3) is 5.19. The van der Waals surface area contributed by atoms with Crippen molar-refractivity contribution in [1.82, 2.24) is 0 Å². The summed E-state index contributed by atoms with van der Waals surface area (Å²) in [5.74, 6) is 1.10. The summed E-state index contributed by atoms with van der Waals surface area (Å²) in [6.45, 7) is 15.4. The zero-order valence-electron chi connectivity index (χ0n) is 22.1. The molecule has 3 rings (SSSR count). The van der Waals surface area contributed by atoms with E-state index in [1.165, 1.54) is 5.57 Å². The molecule has 34 heavy (non-hydrogen) atoms. The van der Waals surface area contributed by atoms with Crippen LogP contribution in [0, 0.1) is 12.8 Å². The van der Waals surface area contributed by atoms with Crippen LogP contribution in [-0.4, -0.2) is 34.0 Å². The van der Waals surface area contributed by atoms with Crippen LogP contribution in [0.2, 0.25) is 18.1 Å². The Bertz CT molecular complexity index is 986. The lowest BCUT2D eigenvalue weighted by molar-refractivity contribution is -0.143. The Labute approximate surface area is 205 Å². The highest BCUT2D eigenvalue weighted by atomic mass is 28.4. The summed E-state index contributed by atoms with van der Waals surface area (Å²) in [6, 6.07) is 0. The van der Waals surface area contributed by atoms with Crippen molar-refractivity contribution in [3.63, 3.8) is 0 Å². The van der Waals surface area contributed by atoms with Crippen LogP contribution in [0.25, 0.3) is 0 Å². The number of esters is 2. The smallest absolute Gasteiger partial charge is 0.342 e. The molecule has 0 radical (unpaired) electrons. The Kier molecular flexibility index (Phi) is 7.85. The predicted octanol–water partition coefficient (Wildman–Crippen LogP) is 6.28. The summed E-state index contributed by atoms with van der Waals surface area (Å²) < 4.78 is 23.3. The van der Waals surface area contributed by atoms with E-state index in [9.17, 15) is 9.59 Å². The minimum Gasteiger partial charge on any atom is -0.543 e. The van der Waals surface area contributed by atoms with Gasteiger partial charge < -0.3 is 18.6 Å². The lowest BCUT2D eigenvalue weighted by Gasteiger charge is -2.37. The van der Waals surface area contributed by atoms with Crippen molar-refractivity contribution >= 4 is 20.3 Å². The van der Waals surface area contributed by atoms with Crippen LogP contribution >= 0.6 is 0 Å². The first-order valence-corrected chi connectivity index (χ1v) is 15.2. The zero-order valence-corrected chi connectivity index (χ0v) is 23.1. The van der Waals surface area contributed by atoms with Crippen LogP contribution < -0.4 is 9.16 Å². The number of cyclic esters (lactones) is 1. The molecule has 0 spiro atoms. The molecule has 1 unspecified atom stereocenters. The van der Waals surface area contributed by atoms with Crippen LogP contribution in [0.15, 0.2) is 11.6 Å². The molecular formula is C27H40O6Si. The molecule has 0 saturated heterocycles. The average molecular weight is 489 g/mol. The normalized spacial score (nSPS) is 19.2. The van der Waals surface area contributed by atoms with E-state index in [2.05, 4.69) is 39.9 Å². The number of hydrogen-bond donors (Lipinski definition) is 0. The van der Waals surface area contributed by atoms with Gasteiger partial charge in [0.25, 0.3) is 8.32 Å². The highest BCUT2D eigenvalue weighted by Crippen LogP contribution is 2.47. The van der Waals surface area contributed by atoms with Crippen molar-refractivity contribution in [2.75, 3.05) is 13.7 Å². The van der Waals surface area contributed by atoms with Crippen molar-refractivity contribution in [3.8, 4) is 11.5 Å². The second kappa shape index (κ2) is 10.1. The molecule has 0 aromatic heterocycles. The number of methoxy groups -OCH3 is 1. The fourth-order valence-corrected chi connectivity index (χ4v) is 5.67. The summed E-state index contributed by atoms with van der Waals surface area (Å²) in [6.07, 6.45) is 6.22. The predicted molar refractivity (Wildman–Crippen MR) is 135 cm³/mol. The van der Waals surface area contributed by atoms with Crippen LogP contribution in [0.4, 0.5) is 0 Å². The van der Waals surface area contributed by atoms with Gasteiger partial charge in [0.2, 0.25) is 0 Å². The first kappa shape index (κ1) is 26.3. The largest absolute Gasteiger partial charge is 0.543 e. The molecule has 1 aromatic rings. The van der Waals surface area contributed by atoms with Gasteiger partial charge in [0.1, 0.15) is 23.7 Å². The van der Waals surface area contributed by atoms with Gasteiger partial charge in [-0.2, -0.15) is 0 Å². The number of fused-ring (bicyclic) bond motifs is 1. The van der Waals surface area contributed by atoms with E-state index >= 15 is 0 Å². The van der Waals surface area contributed by atoms with Gasteiger partial charge in [-0.15, -0.1) is 0 Å². The molecule has 1 aromatic carbocycles. The standard InChI is InChI=1S/C27H40O6Si/c1-9-31-22(28)15-19-12-10-11-18(19)13-14-20-24(30-6)17(2)21-16-32-26(29)23(21)25(20)33-34(7,8)27(3,4)5/h13,19H,9-12,14-16H2,1-8H3. The summed E-state index contributed by atoms with van der Waals surface area (Å²) in [7, 11) is -0.588. The third-order valence-electron chi connectivity index (χ3n) is 7.62. The monoisotopic (exact) mass is 488 g/mol. The Morgan fingerprint density at radius 3 is 2.56 bits per heavy atom. The molecular weight excluding hydrogens is 448 g/mol. The zero-order chi connectivity index (χ0) is 25.3. The van der Waals surface area contributed by atoms with Gasteiger partial charge in [0.15, 0.2) is 0 Å². The number of carbonyl (C=O) groups is 2. The minimum atomic E-state index is -2.25. The van der Waals surface area contributed by atoms with E-state index < -0.39 is 8.32 Å². The van der Waals surface area contributed by atoms with Crippen LogP contribution in [0.1, 0.15) is 80.4 Å². The van der Waals surface area contributed by atoms with Crippen molar-refractivity contribution in [2.24, 2.45) is 5.92 Å². The second-order valence-corrected chi connectivity index (χ2v) is 15.6. The highest BCUT2D eigenvalue weighted by molar-refractivity contribution is 6.74. The van der Waals surface area contributed by atoms with Crippen LogP contribution in [0.3, 0.4) is 0 Å². The van der Waals surface area contributed by atoms with E-state index in [0.717, 1.165) is 41.7 Å². The number of ether oxygens (including phenoxy) is 3. The molecule has 0 bridgehead atoms. The molecule has 1 aliphatic carbocycles. The summed E-state index contributed by atoms with van der Waals surface area (Å²) in [5, 5.41) is -0.0353. The molecule has 188 valence electrons. The summed E-state index contributed by atoms with van der Waals surface area (Å²) in [5.41, 5.74) is 4.48. The fraction of sp³-hybridized carbons (Fsp3) is 0.630. The molecule has 1 heterocycles. The maximum absolute atomic E-state index is 12.8. The molecule has 1 aliphatic heterocycles. The van der Waals surface area contributed by atoms with Crippen LogP contribution in [-0.2, 0) is 27.3 Å².